The number of nitrogens with one attached hydrogen (secondary N) is 2. The summed E-state index contributed by atoms with van der Waals surface area (Å²) in [7, 11) is 1.80. The van der Waals surface area contributed by atoms with E-state index in [1.807, 2.05) is 25.1 Å². The van der Waals surface area contributed by atoms with Crippen molar-refractivity contribution in [2.45, 2.75) is 40.2 Å². The molecule has 1 aromatic carbocycles. The van der Waals surface area contributed by atoms with Crippen molar-refractivity contribution in [1.82, 2.24) is 10.6 Å². The Kier molecular flexibility index (Phi) is 12.0. The molecular weight excluding hydrogens is 389 g/mol. The van der Waals surface area contributed by atoms with Gasteiger partial charge in [0, 0.05) is 25.7 Å². The number of hydrogen-bond acceptors (Lipinski definition) is 2. The Morgan fingerprint density at radius 2 is 1.82 bits per heavy atom. The first-order valence-corrected chi connectivity index (χ1v) is 7.90. The molecule has 0 spiro atoms. The molecule has 22 heavy (non-hydrogen) atoms. The monoisotopic (exact) mass is 419 g/mol. The molecule has 126 valence electrons. The van der Waals surface area contributed by atoms with Gasteiger partial charge in [0.05, 0.1) is 6.61 Å². The average Bonchev–Trinajstić information content (AvgIpc) is 2.52. The first kappa shape index (κ1) is 21.0. The van der Waals surface area contributed by atoms with E-state index in [9.17, 15) is 0 Å². The predicted molar refractivity (Wildman–Crippen MR) is 105 cm³/mol. The van der Waals surface area contributed by atoms with Crippen molar-refractivity contribution in [3.63, 3.8) is 0 Å². The highest BCUT2D eigenvalue weighted by molar-refractivity contribution is 14.0. The molecule has 0 bridgehead atoms. The number of nitrogens with zero attached hydrogens (tertiary/aromatic N) is 1. The van der Waals surface area contributed by atoms with Crippen LogP contribution < -0.4 is 15.4 Å². The molecule has 1 aromatic rings. The third-order valence-corrected chi connectivity index (χ3v) is 3.66. The lowest BCUT2D eigenvalue weighted by Crippen LogP contribution is -2.39. The van der Waals surface area contributed by atoms with E-state index >= 15 is 0 Å². The van der Waals surface area contributed by atoms with Gasteiger partial charge in [-0.3, -0.25) is 4.99 Å². The molecule has 5 heteroatoms. The number of guanidine groups is 1. The van der Waals surface area contributed by atoms with Gasteiger partial charge in [0.2, 0.25) is 0 Å². The van der Waals surface area contributed by atoms with Gasteiger partial charge in [-0.05, 0) is 18.9 Å². The van der Waals surface area contributed by atoms with E-state index in [-0.39, 0.29) is 24.0 Å². The molecule has 1 rings (SSSR count). The molecule has 0 aliphatic rings. The van der Waals surface area contributed by atoms with Gasteiger partial charge in [-0.15, -0.1) is 24.0 Å². The minimum Gasteiger partial charge on any atom is -0.494 e. The molecule has 0 radical (unpaired) electrons. The third kappa shape index (κ3) is 7.33. The predicted octanol–water partition coefficient (Wildman–Crippen LogP) is 3.80. The molecule has 2 N–H and O–H groups in total. The molecule has 0 fully saturated rings. The number of aliphatic imine (C=N–C) groups is 1. The van der Waals surface area contributed by atoms with Crippen molar-refractivity contribution in [1.29, 1.82) is 0 Å². The van der Waals surface area contributed by atoms with E-state index < -0.39 is 0 Å². The Labute approximate surface area is 152 Å². The highest BCUT2D eigenvalue weighted by Crippen LogP contribution is 2.17. The summed E-state index contributed by atoms with van der Waals surface area (Å²) in [5, 5.41) is 6.74. The molecule has 0 amide bonds. The number of benzene rings is 1. The summed E-state index contributed by atoms with van der Waals surface area (Å²) in [6.07, 6.45) is 2.38. The van der Waals surface area contributed by atoms with Gasteiger partial charge in [-0.25, -0.2) is 0 Å². The van der Waals surface area contributed by atoms with Gasteiger partial charge in [-0.2, -0.15) is 0 Å². The standard InChI is InChI=1S/C17H29N3O.HI/c1-5-14(6-2)12-19-17(18-4)20-13-15-10-8-9-11-16(15)21-7-3;/h8-11,14H,5-7,12-13H2,1-4H3,(H2,18,19,20);1H. The molecule has 0 atom stereocenters. The van der Waals surface area contributed by atoms with Crippen molar-refractivity contribution in [3.8, 4) is 5.75 Å². The Morgan fingerprint density at radius 3 is 2.41 bits per heavy atom. The van der Waals surface area contributed by atoms with Gasteiger partial charge < -0.3 is 15.4 Å². The zero-order chi connectivity index (χ0) is 15.5. The van der Waals surface area contributed by atoms with Gasteiger partial charge in [-0.1, -0.05) is 44.9 Å². The molecule has 0 aromatic heterocycles. The fourth-order valence-corrected chi connectivity index (χ4v) is 2.16. The van der Waals surface area contributed by atoms with Crippen molar-refractivity contribution in [2.24, 2.45) is 10.9 Å². The Balaban J connectivity index is 0.00000441. The zero-order valence-electron chi connectivity index (χ0n) is 14.2. The van der Waals surface area contributed by atoms with E-state index in [0.717, 1.165) is 23.8 Å². The van der Waals surface area contributed by atoms with Crippen LogP contribution in [0.25, 0.3) is 0 Å². The largest absolute Gasteiger partial charge is 0.494 e. The smallest absolute Gasteiger partial charge is 0.191 e. The van der Waals surface area contributed by atoms with Crippen LogP contribution in [0, 0.1) is 5.92 Å². The Bertz CT molecular complexity index is 434. The van der Waals surface area contributed by atoms with Crippen molar-refractivity contribution in [3.05, 3.63) is 29.8 Å². The van der Waals surface area contributed by atoms with Crippen molar-refractivity contribution >= 4 is 29.9 Å². The van der Waals surface area contributed by atoms with E-state index in [1.54, 1.807) is 7.05 Å². The van der Waals surface area contributed by atoms with Gasteiger partial charge in [0.25, 0.3) is 0 Å². The van der Waals surface area contributed by atoms with Crippen LogP contribution in [0.3, 0.4) is 0 Å². The van der Waals surface area contributed by atoms with E-state index in [1.165, 1.54) is 12.8 Å². The number of para-hydroxylation sites is 1. The topological polar surface area (TPSA) is 45.6 Å². The lowest BCUT2D eigenvalue weighted by molar-refractivity contribution is 0.336. The molecular formula is C17H30IN3O. The molecule has 0 aliphatic carbocycles. The summed E-state index contributed by atoms with van der Waals surface area (Å²) in [5.74, 6) is 2.47. The Morgan fingerprint density at radius 1 is 1.14 bits per heavy atom. The first-order valence-electron chi connectivity index (χ1n) is 7.90. The van der Waals surface area contributed by atoms with E-state index in [0.29, 0.717) is 19.1 Å². The molecule has 0 heterocycles. The van der Waals surface area contributed by atoms with Crippen molar-refractivity contribution in [2.75, 3.05) is 20.2 Å². The second-order valence-corrected chi connectivity index (χ2v) is 5.03. The molecule has 0 saturated carbocycles. The minimum absolute atomic E-state index is 0. The summed E-state index contributed by atoms with van der Waals surface area (Å²) in [6.45, 7) is 8.80. The molecule has 0 saturated heterocycles. The number of ether oxygens (including phenoxy) is 1. The van der Waals surface area contributed by atoms with Gasteiger partial charge in [0.15, 0.2) is 5.96 Å². The maximum atomic E-state index is 5.64. The zero-order valence-corrected chi connectivity index (χ0v) is 16.5. The summed E-state index contributed by atoms with van der Waals surface area (Å²) < 4.78 is 5.64. The van der Waals surface area contributed by atoms with Crippen LogP contribution in [0.1, 0.15) is 39.2 Å². The summed E-state index contributed by atoms with van der Waals surface area (Å²) in [5.41, 5.74) is 1.14. The minimum atomic E-state index is 0. The van der Waals surface area contributed by atoms with Crippen LogP contribution >= 0.6 is 24.0 Å². The quantitative estimate of drug-likeness (QED) is 0.383. The van der Waals surface area contributed by atoms with Crippen LogP contribution in [-0.4, -0.2) is 26.2 Å². The lowest BCUT2D eigenvalue weighted by Gasteiger charge is -2.17. The molecule has 0 unspecified atom stereocenters. The second-order valence-electron chi connectivity index (χ2n) is 5.03. The van der Waals surface area contributed by atoms with E-state index in [2.05, 4.69) is 35.5 Å². The number of rotatable bonds is 8. The van der Waals surface area contributed by atoms with Crippen LogP contribution in [0.15, 0.2) is 29.3 Å². The van der Waals surface area contributed by atoms with Crippen LogP contribution in [0.2, 0.25) is 0 Å². The first-order chi connectivity index (χ1) is 10.2. The Hall–Kier alpha value is -0.980. The fourth-order valence-electron chi connectivity index (χ4n) is 2.16. The highest BCUT2D eigenvalue weighted by atomic mass is 127. The van der Waals surface area contributed by atoms with Gasteiger partial charge >= 0.3 is 0 Å². The summed E-state index contributed by atoms with van der Waals surface area (Å²) >= 11 is 0. The van der Waals surface area contributed by atoms with Gasteiger partial charge in [0.1, 0.15) is 5.75 Å². The summed E-state index contributed by atoms with van der Waals surface area (Å²) in [4.78, 5) is 4.27. The average molecular weight is 419 g/mol. The highest BCUT2D eigenvalue weighted by Gasteiger charge is 2.06. The normalized spacial score (nSPS) is 11.0. The van der Waals surface area contributed by atoms with Crippen LogP contribution in [0.4, 0.5) is 0 Å². The second kappa shape index (κ2) is 12.6. The lowest BCUT2D eigenvalue weighted by atomic mass is 10.0. The third-order valence-electron chi connectivity index (χ3n) is 3.66. The van der Waals surface area contributed by atoms with Crippen molar-refractivity contribution < 1.29 is 4.74 Å². The summed E-state index contributed by atoms with van der Waals surface area (Å²) in [6, 6.07) is 8.10. The van der Waals surface area contributed by atoms with Crippen LogP contribution in [-0.2, 0) is 6.54 Å². The maximum Gasteiger partial charge on any atom is 0.191 e. The van der Waals surface area contributed by atoms with E-state index in [4.69, 9.17) is 4.74 Å². The molecule has 0 aliphatic heterocycles. The maximum absolute atomic E-state index is 5.64. The number of halogens is 1. The SMILES string of the molecule is CCOc1ccccc1CNC(=NC)NCC(CC)CC.I. The molecule has 4 nitrogen and oxygen atoms in total. The van der Waals surface area contributed by atoms with Crippen LogP contribution in [0.5, 0.6) is 5.75 Å². The fraction of sp³-hybridized carbons (Fsp3) is 0.588. The number of hydrogen-bond donors (Lipinski definition) is 2.